The Kier molecular flexibility index (Phi) is 1.70. The van der Waals surface area contributed by atoms with Gasteiger partial charge in [0.05, 0.1) is 11.6 Å². The quantitative estimate of drug-likeness (QED) is 0.619. The molecule has 0 aliphatic heterocycles. The van der Waals surface area contributed by atoms with Gasteiger partial charge in [-0.15, -0.1) is 6.42 Å². The van der Waals surface area contributed by atoms with Gasteiger partial charge < -0.3 is 4.52 Å². The Balaban J connectivity index is 2.21. The Morgan fingerprint density at radius 2 is 2.25 bits per heavy atom. The molecular formula is C14H15NO. The number of terminal acetylenes is 1. The molecule has 0 radical (unpaired) electrons. The number of allylic oxidation sites excluding steroid dienone is 1. The highest BCUT2D eigenvalue weighted by molar-refractivity contribution is 5.62. The molecule has 1 aromatic rings. The summed E-state index contributed by atoms with van der Waals surface area (Å²) in [6.45, 7) is 4.53. The lowest BCUT2D eigenvalue weighted by Crippen LogP contribution is -2.26. The molecule has 82 valence electrons. The molecule has 0 amide bonds. The van der Waals surface area contributed by atoms with Gasteiger partial charge in [-0.05, 0) is 36.3 Å². The molecule has 3 rings (SSSR count). The standard InChI is InChI=1S/C14H15NO/c1-4-14-6-5-13(2,3)12(14)7-11-10(8-14)9-15-16-11/h1,7,9H,5-6,8H2,2-3H3. The largest absolute Gasteiger partial charge is 0.357 e. The molecule has 1 aromatic heterocycles. The van der Waals surface area contributed by atoms with Gasteiger partial charge in [-0.1, -0.05) is 24.9 Å². The molecule has 1 atom stereocenters. The third-order valence-corrected chi connectivity index (χ3v) is 4.14. The molecule has 0 bridgehead atoms. The van der Waals surface area contributed by atoms with E-state index < -0.39 is 0 Å². The minimum Gasteiger partial charge on any atom is -0.357 e. The maximum Gasteiger partial charge on any atom is 0.162 e. The van der Waals surface area contributed by atoms with E-state index in [1.54, 1.807) is 6.20 Å². The first-order valence-electron chi connectivity index (χ1n) is 5.71. The van der Waals surface area contributed by atoms with Crippen LogP contribution in [0.2, 0.25) is 0 Å². The predicted octanol–water partition coefficient (Wildman–Crippen LogP) is 3.05. The van der Waals surface area contributed by atoms with Gasteiger partial charge in [0.25, 0.3) is 0 Å². The van der Waals surface area contributed by atoms with Gasteiger partial charge in [-0.3, -0.25) is 0 Å². The molecule has 2 aliphatic carbocycles. The number of hydrogen-bond acceptors (Lipinski definition) is 2. The summed E-state index contributed by atoms with van der Waals surface area (Å²) in [6.07, 6.45) is 12.8. The van der Waals surface area contributed by atoms with Crippen LogP contribution < -0.4 is 0 Å². The second kappa shape index (κ2) is 2.79. The molecule has 0 saturated heterocycles. The molecule has 1 fully saturated rings. The summed E-state index contributed by atoms with van der Waals surface area (Å²) < 4.78 is 5.25. The maximum atomic E-state index is 5.78. The normalized spacial score (nSPS) is 30.2. The summed E-state index contributed by atoms with van der Waals surface area (Å²) >= 11 is 0. The van der Waals surface area contributed by atoms with Crippen molar-refractivity contribution in [2.24, 2.45) is 10.8 Å². The van der Waals surface area contributed by atoms with Gasteiger partial charge in [0.1, 0.15) is 0 Å². The van der Waals surface area contributed by atoms with Crippen LogP contribution in [0.25, 0.3) is 6.08 Å². The molecule has 1 unspecified atom stereocenters. The van der Waals surface area contributed by atoms with Gasteiger partial charge in [0.15, 0.2) is 5.76 Å². The molecule has 0 N–H and O–H groups in total. The number of nitrogens with zero attached hydrogens (tertiary/aromatic N) is 1. The number of fused-ring (bicyclic) bond motifs is 2. The maximum absolute atomic E-state index is 5.78. The van der Waals surface area contributed by atoms with Crippen molar-refractivity contribution < 1.29 is 4.52 Å². The minimum absolute atomic E-state index is 0.0813. The predicted molar refractivity (Wildman–Crippen MR) is 62.5 cm³/mol. The Bertz CT molecular complexity index is 515. The first-order chi connectivity index (χ1) is 7.57. The fourth-order valence-corrected chi connectivity index (χ4v) is 3.14. The number of aromatic nitrogens is 1. The van der Waals surface area contributed by atoms with E-state index in [1.807, 2.05) is 0 Å². The van der Waals surface area contributed by atoms with E-state index in [-0.39, 0.29) is 10.8 Å². The molecule has 0 aromatic carbocycles. The van der Waals surface area contributed by atoms with Crippen LogP contribution in [-0.4, -0.2) is 5.16 Å². The average molecular weight is 213 g/mol. The number of hydrogen-bond donors (Lipinski definition) is 0. The third-order valence-electron chi connectivity index (χ3n) is 4.14. The van der Waals surface area contributed by atoms with Crippen molar-refractivity contribution in [1.82, 2.24) is 5.16 Å². The van der Waals surface area contributed by atoms with Crippen LogP contribution in [0, 0.1) is 23.2 Å². The Morgan fingerprint density at radius 3 is 3.00 bits per heavy atom. The molecule has 2 heteroatoms. The highest BCUT2D eigenvalue weighted by Gasteiger charge is 2.49. The molecule has 1 saturated carbocycles. The van der Waals surface area contributed by atoms with E-state index in [2.05, 4.69) is 31.0 Å². The highest BCUT2D eigenvalue weighted by atomic mass is 16.5. The van der Waals surface area contributed by atoms with Crippen molar-refractivity contribution in [3.63, 3.8) is 0 Å². The molecule has 2 aliphatic rings. The summed E-state index contributed by atoms with van der Waals surface area (Å²) in [4.78, 5) is 0. The fourth-order valence-electron chi connectivity index (χ4n) is 3.14. The van der Waals surface area contributed by atoms with E-state index in [9.17, 15) is 0 Å². The van der Waals surface area contributed by atoms with Crippen molar-refractivity contribution in [3.8, 4) is 12.3 Å². The van der Waals surface area contributed by atoms with Crippen LogP contribution >= 0.6 is 0 Å². The molecule has 2 nitrogen and oxygen atoms in total. The first kappa shape index (κ1) is 9.72. The van der Waals surface area contributed by atoms with E-state index >= 15 is 0 Å². The molecule has 0 spiro atoms. The van der Waals surface area contributed by atoms with Crippen LogP contribution in [0.1, 0.15) is 38.0 Å². The lowest BCUT2D eigenvalue weighted by molar-refractivity contribution is 0.400. The van der Waals surface area contributed by atoms with E-state index in [0.29, 0.717) is 0 Å². The van der Waals surface area contributed by atoms with Crippen molar-refractivity contribution in [2.45, 2.75) is 33.1 Å². The third kappa shape index (κ3) is 1.06. The summed E-state index contributed by atoms with van der Waals surface area (Å²) in [5, 5.41) is 3.86. The van der Waals surface area contributed by atoms with Crippen molar-refractivity contribution in [3.05, 3.63) is 23.1 Å². The summed E-state index contributed by atoms with van der Waals surface area (Å²) in [6, 6.07) is 0. The molecule has 16 heavy (non-hydrogen) atoms. The van der Waals surface area contributed by atoms with Gasteiger partial charge in [0.2, 0.25) is 0 Å². The SMILES string of the molecule is C#CC12CCC(C)(C)C1=Cc1oncc1C2. The van der Waals surface area contributed by atoms with E-state index in [4.69, 9.17) is 10.9 Å². The Hall–Kier alpha value is -1.49. The van der Waals surface area contributed by atoms with E-state index in [1.165, 1.54) is 5.57 Å². The highest BCUT2D eigenvalue weighted by Crippen LogP contribution is 2.57. The van der Waals surface area contributed by atoms with Crippen LogP contribution in [0.15, 0.2) is 16.3 Å². The Morgan fingerprint density at radius 1 is 1.44 bits per heavy atom. The topological polar surface area (TPSA) is 26.0 Å². The molecular weight excluding hydrogens is 198 g/mol. The lowest BCUT2D eigenvalue weighted by Gasteiger charge is -2.32. The summed E-state index contributed by atoms with van der Waals surface area (Å²) in [5.41, 5.74) is 2.62. The van der Waals surface area contributed by atoms with Gasteiger partial charge in [0, 0.05) is 5.56 Å². The van der Waals surface area contributed by atoms with Gasteiger partial charge >= 0.3 is 0 Å². The zero-order chi connectivity index (χ0) is 11.4. The minimum atomic E-state index is -0.0813. The average Bonchev–Trinajstić information content (AvgIpc) is 2.80. The fraction of sp³-hybridized carbons (Fsp3) is 0.500. The van der Waals surface area contributed by atoms with Crippen molar-refractivity contribution >= 4 is 6.08 Å². The smallest absolute Gasteiger partial charge is 0.162 e. The van der Waals surface area contributed by atoms with E-state index in [0.717, 1.165) is 30.6 Å². The second-order valence-electron chi connectivity index (χ2n) is 5.56. The zero-order valence-corrected chi connectivity index (χ0v) is 9.71. The van der Waals surface area contributed by atoms with Gasteiger partial charge in [-0.25, -0.2) is 0 Å². The monoisotopic (exact) mass is 213 g/mol. The van der Waals surface area contributed by atoms with Crippen molar-refractivity contribution in [1.29, 1.82) is 0 Å². The van der Waals surface area contributed by atoms with Gasteiger partial charge in [-0.2, -0.15) is 0 Å². The first-order valence-corrected chi connectivity index (χ1v) is 5.71. The Labute approximate surface area is 95.7 Å². The summed E-state index contributed by atoms with van der Waals surface area (Å²) in [7, 11) is 0. The van der Waals surface area contributed by atoms with Crippen LogP contribution in [0.5, 0.6) is 0 Å². The zero-order valence-electron chi connectivity index (χ0n) is 9.71. The van der Waals surface area contributed by atoms with Crippen molar-refractivity contribution in [2.75, 3.05) is 0 Å². The number of rotatable bonds is 0. The van der Waals surface area contributed by atoms with Crippen LogP contribution in [-0.2, 0) is 6.42 Å². The summed E-state index contributed by atoms with van der Waals surface area (Å²) in [5.74, 6) is 3.93. The lowest BCUT2D eigenvalue weighted by atomic mass is 9.70. The van der Waals surface area contributed by atoms with Crippen LogP contribution in [0.3, 0.4) is 0 Å². The second-order valence-corrected chi connectivity index (χ2v) is 5.56. The molecule has 1 heterocycles. The van der Waals surface area contributed by atoms with Crippen LogP contribution in [0.4, 0.5) is 0 Å².